The van der Waals surface area contributed by atoms with Crippen LogP contribution in [0.3, 0.4) is 0 Å². The molecule has 4 heteroatoms. The molecule has 0 fully saturated rings. The summed E-state index contributed by atoms with van der Waals surface area (Å²) in [5, 5.41) is 0.591. The van der Waals surface area contributed by atoms with Crippen molar-refractivity contribution in [1.82, 2.24) is 0 Å². The second-order valence-electron chi connectivity index (χ2n) is 2.31. The zero-order valence-electron chi connectivity index (χ0n) is 6.20. The van der Waals surface area contributed by atoms with Gasteiger partial charge < -0.3 is 0 Å². The lowest BCUT2D eigenvalue weighted by molar-refractivity contribution is 0.101. The Morgan fingerprint density at radius 2 is 2.17 bits per heavy atom. The van der Waals surface area contributed by atoms with E-state index >= 15 is 0 Å². The fraction of sp³-hybridized carbons (Fsp3) is 0.125. The molecule has 0 bridgehead atoms. The maximum absolute atomic E-state index is 11.1. The number of hydrogen-bond acceptors (Lipinski definition) is 1. The number of carbonyl (C=O) groups excluding carboxylic acids is 1. The Morgan fingerprint density at radius 3 is 2.67 bits per heavy atom. The Balaban J connectivity index is 3.37. The van der Waals surface area contributed by atoms with E-state index in [0.717, 1.165) is 8.04 Å². The molecule has 0 saturated carbocycles. The Morgan fingerprint density at radius 1 is 1.58 bits per heavy atom. The van der Waals surface area contributed by atoms with Crippen LogP contribution in [-0.4, -0.2) is 5.78 Å². The van der Waals surface area contributed by atoms with Gasteiger partial charge in [0.15, 0.2) is 5.78 Å². The lowest BCUT2D eigenvalue weighted by Crippen LogP contribution is -1.95. The number of carbonyl (C=O) groups is 1. The lowest BCUT2D eigenvalue weighted by Gasteiger charge is -2.02. The van der Waals surface area contributed by atoms with Crippen molar-refractivity contribution in [2.75, 3.05) is 0 Å². The summed E-state index contributed by atoms with van der Waals surface area (Å²) in [7, 11) is 0. The number of Topliss-reactive ketones (excluding diaryl/α,β-unsaturated/α-hetero) is 1. The van der Waals surface area contributed by atoms with Crippen LogP contribution in [0.5, 0.6) is 0 Å². The number of rotatable bonds is 1. The lowest BCUT2D eigenvalue weighted by atomic mass is 10.1. The van der Waals surface area contributed by atoms with Gasteiger partial charge in [0.1, 0.15) is 0 Å². The summed E-state index contributed by atoms with van der Waals surface area (Å²) in [4.78, 5) is 11.1. The van der Waals surface area contributed by atoms with Gasteiger partial charge in [-0.05, 0) is 57.6 Å². The first-order valence-corrected chi connectivity index (χ1v) is 5.43. The van der Waals surface area contributed by atoms with Crippen LogP contribution in [-0.2, 0) is 0 Å². The van der Waals surface area contributed by atoms with E-state index in [4.69, 9.17) is 11.6 Å². The van der Waals surface area contributed by atoms with Gasteiger partial charge in [0.05, 0.1) is 0 Å². The highest BCUT2D eigenvalue weighted by Crippen LogP contribution is 2.27. The monoisotopic (exact) mass is 358 g/mol. The zero-order valence-corrected chi connectivity index (χ0v) is 10.7. The SMILES string of the molecule is CC(=O)c1cc(Cl)cc(I)c1Br. The Labute approximate surface area is 97.8 Å². The van der Waals surface area contributed by atoms with Crippen LogP contribution in [0, 0.1) is 3.57 Å². The molecule has 0 saturated heterocycles. The Bertz CT molecular complexity index is 338. The molecule has 0 atom stereocenters. The van der Waals surface area contributed by atoms with Gasteiger partial charge in [-0.15, -0.1) is 0 Å². The number of ketones is 1. The first-order valence-electron chi connectivity index (χ1n) is 3.18. The van der Waals surface area contributed by atoms with E-state index in [-0.39, 0.29) is 5.78 Å². The molecule has 0 unspecified atom stereocenters. The van der Waals surface area contributed by atoms with Crippen molar-refractivity contribution in [2.45, 2.75) is 6.92 Å². The number of hydrogen-bond donors (Lipinski definition) is 0. The van der Waals surface area contributed by atoms with E-state index in [2.05, 4.69) is 38.5 Å². The molecule has 0 aliphatic heterocycles. The smallest absolute Gasteiger partial charge is 0.161 e. The molecule has 12 heavy (non-hydrogen) atoms. The second-order valence-corrected chi connectivity index (χ2v) is 4.70. The summed E-state index contributed by atoms with van der Waals surface area (Å²) in [6.45, 7) is 1.52. The fourth-order valence-corrected chi connectivity index (χ4v) is 2.35. The quantitative estimate of drug-likeness (QED) is 0.422. The maximum Gasteiger partial charge on any atom is 0.161 e. The molecule has 0 N–H and O–H groups in total. The van der Waals surface area contributed by atoms with Crippen molar-refractivity contribution < 1.29 is 4.79 Å². The first kappa shape index (κ1) is 10.5. The van der Waals surface area contributed by atoms with E-state index in [0.29, 0.717) is 10.6 Å². The predicted octanol–water partition coefficient (Wildman–Crippen LogP) is 3.91. The molecule has 0 spiro atoms. The summed E-state index contributed by atoms with van der Waals surface area (Å²) in [5.41, 5.74) is 0.631. The van der Waals surface area contributed by atoms with Crippen molar-refractivity contribution >= 4 is 55.9 Å². The van der Waals surface area contributed by atoms with Crippen LogP contribution in [0.25, 0.3) is 0 Å². The van der Waals surface area contributed by atoms with Gasteiger partial charge in [0.25, 0.3) is 0 Å². The van der Waals surface area contributed by atoms with Crippen molar-refractivity contribution in [1.29, 1.82) is 0 Å². The molecule has 0 aromatic heterocycles. The summed E-state index contributed by atoms with van der Waals surface area (Å²) >= 11 is 11.2. The van der Waals surface area contributed by atoms with Crippen LogP contribution >= 0.6 is 50.1 Å². The van der Waals surface area contributed by atoms with Crippen molar-refractivity contribution in [3.8, 4) is 0 Å². The van der Waals surface area contributed by atoms with Crippen LogP contribution in [0.1, 0.15) is 17.3 Å². The van der Waals surface area contributed by atoms with Crippen molar-refractivity contribution in [3.05, 3.63) is 30.8 Å². The van der Waals surface area contributed by atoms with Gasteiger partial charge in [0, 0.05) is 18.6 Å². The zero-order chi connectivity index (χ0) is 9.30. The van der Waals surface area contributed by atoms with Gasteiger partial charge in [-0.25, -0.2) is 0 Å². The molecule has 1 rings (SSSR count). The predicted molar refractivity (Wildman–Crippen MR) is 61.9 cm³/mol. The van der Waals surface area contributed by atoms with E-state index in [1.54, 1.807) is 12.1 Å². The average Bonchev–Trinajstić information content (AvgIpc) is 1.96. The highest BCUT2D eigenvalue weighted by molar-refractivity contribution is 14.1. The Hall–Kier alpha value is 0.390. The topological polar surface area (TPSA) is 17.1 Å². The number of benzene rings is 1. The van der Waals surface area contributed by atoms with E-state index in [1.165, 1.54) is 6.92 Å². The first-order chi connectivity index (χ1) is 5.52. The van der Waals surface area contributed by atoms with Crippen LogP contribution in [0.2, 0.25) is 5.02 Å². The molecular weight excluding hydrogens is 354 g/mol. The molecule has 0 amide bonds. The maximum atomic E-state index is 11.1. The Kier molecular flexibility index (Phi) is 3.55. The van der Waals surface area contributed by atoms with Crippen molar-refractivity contribution in [3.63, 3.8) is 0 Å². The van der Waals surface area contributed by atoms with E-state index in [9.17, 15) is 4.79 Å². The van der Waals surface area contributed by atoms with E-state index < -0.39 is 0 Å². The van der Waals surface area contributed by atoms with Gasteiger partial charge in [-0.3, -0.25) is 4.79 Å². The number of halogens is 3. The molecule has 64 valence electrons. The molecule has 1 aromatic rings. The van der Waals surface area contributed by atoms with Gasteiger partial charge in [0.2, 0.25) is 0 Å². The van der Waals surface area contributed by atoms with Crippen molar-refractivity contribution in [2.24, 2.45) is 0 Å². The highest BCUT2D eigenvalue weighted by atomic mass is 127. The van der Waals surface area contributed by atoms with Crippen LogP contribution < -0.4 is 0 Å². The third-order valence-corrected chi connectivity index (χ3v) is 4.04. The fourth-order valence-electron chi connectivity index (χ4n) is 0.812. The third kappa shape index (κ3) is 2.20. The van der Waals surface area contributed by atoms with Gasteiger partial charge >= 0.3 is 0 Å². The van der Waals surface area contributed by atoms with Gasteiger partial charge in [-0.1, -0.05) is 11.6 Å². The van der Waals surface area contributed by atoms with Crippen LogP contribution in [0.4, 0.5) is 0 Å². The third-order valence-electron chi connectivity index (χ3n) is 1.37. The second kappa shape index (κ2) is 4.07. The highest BCUT2D eigenvalue weighted by Gasteiger charge is 2.09. The minimum atomic E-state index is 0.0160. The molecule has 1 nitrogen and oxygen atoms in total. The standard InChI is InChI=1S/C8H5BrClIO/c1-4(12)6-2-5(10)3-7(11)8(6)9/h2-3H,1H3. The summed E-state index contributed by atoms with van der Waals surface area (Å²) in [6, 6.07) is 3.47. The molecule has 0 radical (unpaired) electrons. The van der Waals surface area contributed by atoms with Gasteiger partial charge in [-0.2, -0.15) is 0 Å². The molecular formula is C8H5BrClIO. The summed E-state index contributed by atoms with van der Waals surface area (Å²) in [6.07, 6.45) is 0. The largest absolute Gasteiger partial charge is 0.294 e. The minimum absolute atomic E-state index is 0.0160. The van der Waals surface area contributed by atoms with Crippen LogP contribution in [0.15, 0.2) is 16.6 Å². The molecule has 0 aliphatic rings. The summed E-state index contributed by atoms with van der Waals surface area (Å²) in [5.74, 6) is 0.0160. The van der Waals surface area contributed by atoms with E-state index in [1.807, 2.05) is 0 Å². The molecule has 1 aromatic carbocycles. The molecule has 0 heterocycles. The minimum Gasteiger partial charge on any atom is -0.294 e. The average molecular weight is 359 g/mol. The summed E-state index contributed by atoms with van der Waals surface area (Å²) < 4.78 is 1.77. The molecule has 0 aliphatic carbocycles. The normalized spacial score (nSPS) is 10.0.